The number of hydrogen-bond donors (Lipinski definition) is 0. The van der Waals surface area contributed by atoms with Gasteiger partial charge < -0.3 is 0 Å². The van der Waals surface area contributed by atoms with Gasteiger partial charge in [0.2, 0.25) is 0 Å². The van der Waals surface area contributed by atoms with Gasteiger partial charge in [-0.1, -0.05) is 41.5 Å². The van der Waals surface area contributed by atoms with Gasteiger partial charge in [-0.2, -0.15) is 5.26 Å². The Morgan fingerprint density at radius 2 is 1.59 bits per heavy atom. The SMILES string of the molecule is CC(C)c1cc(C#N)c(C(C)C)c(C(C)C)n1. The third kappa shape index (κ3) is 2.85. The molecule has 1 aromatic rings. The second-order valence-corrected chi connectivity index (χ2v) is 5.47. The molecule has 0 amide bonds. The fourth-order valence-electron chi connectivity index (χ4n) is 2.03. The van der Waals surface area contributed by atoms with Crippen molar-refractivity contribution in [1.29, 1.82) is 5.26 Å². The number of rotatable bonds is 3. The first-order chi connectivity index (χ1) is 7.88. The molecule has 1 heterocycles. The molecule has 2 heteroatoms. The Morgan fingerprint density at radius 1 is 1.00 bits per heavy atom. The number of pyridine rings is 1. The summed E-state index contributed by atoms with van der Waals surface area (Å²) in [5.41, 5.74) is 4.02. The molecule has 0 saturated heterocycles. The molecule has 0 aliphatic heterocycles. The van der Waals surface area contributed by atoms with Crippen molar-refractivity contribution in [2.45, 2.75) is 59.3 Å². The van der Waals surface area contributed by atoms with Gasteiger partial charge >= 0.3 is 0 Å². The van der Waals surface area contributed by atoms with E-state index in [-0.39, 0.29) is 0 Å². The molecule has 0 unspecified atom stereocenters. The molecule has 0 spiro atoms. The summed E-state index contributed by atoms with van der Waals surface area (Å²) in [5, 5.41) is 9.30. The van der Waals surface area contributed by atoms with E-state index in [0.29, 0.717) is 17.8 Å². The van der Waals surface area contributed by atoms with E-state index < -0.39 is 0 Å². The third-order valence-corrected chi connectivity index (χ3v) is 2.94. The molecule has 0 atom stereocenters. The van der Waals surface area contributed by atoms with E-state index in [0.717, 1.165) is 22.5 Å². The van der Waals surface area contributed by atoms with Crippen molar-refractivity contribution in [1.82, 2.24) is 4.98 Å². The van der Waals surface area contributed by atoms with Crippen LogP contribution in [0.3, 0.4) is 0 Å². The van der Waals surface area contributed by atoms with Crippen molar-refractivity contribution >= 4 is 0 Å². The highest BCUT2D eigenvalue weighted by molar-refractivity contribution is 5.44. The van der Waals surface area contributed by atoms with Crippen LogP contribution >= 0.6 is 0 Å². The Bertz CT molecular complexity index is 437. The molecule has 1 rings (SSSR count). The van der Waals surface area contributed by atoms with Crippen LogP contribution in [-0.4, -0.2) is 4.98 Å². The number of nitriles is 1. The van der Waals surface area contributed by atoms with E-state index in [1.54, 1.807) is 0 Å². The van der Waals surface area contributed by atoms with Crippen LogP contribution in [-0.2, 0) is 0 Å². The first-order valence-corrected chi connectivity index (χ1v) is 6.33. The second kappa shape index (κ2) is 5.31. The molecule has 0 radical (unpaired) electrons. The van der Waals surface area contributed by atoms with E-state index in [1.807, 2.05) is 6.07 Å². The Hall–Kier alpha value is -1.36. The fraction of sp³-hybridized carbons (Fsp3) is 0.600. The van der Waals surface area contributed by atoms with Crippen LogP contribution in [0.15, 0.2) is 6.07 Å². The smallest absolute Gasteiger partial charge is 0.0996 e. The average molecular weight is 230 g/mol. The minimum absolute atomic E-state index is 0.343. The second-order valence-electron chi connectivity index (χ2n) is 5.47. The molecule has 17 heavy (non-hydrogen) atoms. The lowest BCUT2D eigenvalue weighted by molar-refractivity contribution is 0.723. The van der Waals surface area contributed by atoms with Gasteiger partial charge in [0.15, 0.2) is 0 Å². The van der Waals surface area contributed by atoms with Crippen molar-refractivity contribution in [3.8, 4) is 6.07 Å². The summed E-state index contributed by atoms with van der Waals surface area (Å²) in [6, 6.07) is 4.28. The van der Waals surface area contributed by atoms with Crippen LogP contribution in [0.25, 0.3) is 0 Å². The molecule has 0 aliphatic rings. The van der Waals surface area contributed by atoms with Crippen LogP contribution in [0.2, 0.25) is 0 Å². The molecule has 0 bridgehead atoms. The maximum Gasteiger partial charge on any atom is 0.0996 e. The molecule has 0 fully saturated rings. The van der Waals surface area contributed by atoms with Gasteiger partial charge in [-0.15, -0.1) is 0 Å². The summed E-state index contributed by atoms with van der Waals surface area (Å²) in [6.07, 6.45) is 0. The maximum absolute atomic E-state index is 9.30. The molecule has 0 N–H and O–H groups in total. The van der Waals surface area contributed by atoms with E-state index >= 15 is 0 Å². The zero-order valence-electron chi connectivity index (χ0n) is 11.7. The number of hydrogen-bond acceptors (Lipinski definition) is 2. The van der Waals surface area contributed by atoms with Crippen molar-refractivity contribution in [2.24, 2.45) is 0 Å². The molecule has 2 nitrogen and oxygen atoms in total. The molecule has 0 aromatic carbocycles. The monoisotopic (exact) mass is 230 g/mol. The lowest BCUT2D eigenvalue weighted by atomic mass is 9.90. The molecular formula is C15H22N2. The highest BCUT2D eigenvalue weighted by atomic mass is 14.7. The van der Waals surface area contributed by atoms with Crippen molar-refractivity contribution in [3.05, 3.63) is 28.6 Å². The van der Waals surface area contributed by atoms with E-state index in [2.05, 4.69) is 47.6 Å². The highest BCUT2D eigenvalue weighted by Crippen LogP contribution is 2.29. The minimum Gasteiger partial charge on any atom is -0.257 e. The Labute approximate surface area is 105 Å². The van der Waals surface area contributed by atoms with Gasteiger partial charge in [0.1, 0.15) is 0 Å². The number of aromatic nitrogens is 1. The molecule has 1 aromatic heterocycles. The van der Waals surface area contributed by atoms with Crippen molar-refractivity contribution in [3.63, 3.8) is 0 Å². The van der Waals surface area contributed by atoms with E-state index in [4.69, 9.17) is 4.98 Å². The van der Waals surface area contributed by atoms with Crippen LogP contribution in [0.5, 0.6) is 0 Å². The summed E-state index contributed by atoms with van der Waals surface area (Å²) in [7, 11) is 0. The zero-order valence-corrected chi connectivity index (χ0v) is 11.7. The largest absolute Gasteiger partial charge is 0.257 e. The van der Waals surface area contributed by atoms with Gasteiger partial charge in [0, 0.05) is 11.4 Å². The lowest BCUT2D eigenvalue weighted by Gasteiger charge is -2.19. The Kier molecular flexibility index (Phi) is 4.28. The van der Waals surface area contributed by atoms with Crippen LogP contribution in [0.4, 0.5) is 0 Å². The topological polar surface area (TPSA) is 36.7 Å². The Morgan fingerprint density at radius 3 is 1.94 bits per heavy atom. The van der Waals surface area contributed by atoms with Crippen LogP contribution in [0.1, 0.15) is 81.8 Å². The fourth-order valence-corrected chi connectivity index (χ4v) is 2.03. The standard InChI is InChI=1S/C15H22N2/c1-9(2)13-7-12(8-16)14(10(3)4)15(17-13)11(5)6/h7,9-11H,1-6H3. The first kappa shape index (κ1) is 13.7. The predicted molar refractivity (Wildman–Crippen MR) is 71.2 cm³/mol. The van der Waals surface area contributed by atoms with Gasteiger partial charge in [-0.05, 0) is 29.4 Å². The zero-order chi connectivity index (χ0) is 13.2. The lowest BCUT2D eigenvalue weighted by Crippen LogP contribution is -2.08. The summed E-state index contributed by atoms with van der Waals surface area (Å²) in [4.78, 5) is 4.75. The molecule has 92 valence electrons. The van der Waals surface area contributed by atoms with Gasteiger partial charge in [0.25, 0.3) is 0 Å². The quantitative estimate of drug-likeness (QED) is 0.775. The van der Waals surface area contributed by atoms with Gasteiger partial charge in [-0.25, -0.2) is 0 Å². The maximum atomic E-state index is 9.30. The molecular weight excluding hydrogens is 208 g/mol. The first-order valence-electron chi connectivity index (χ1n) is 6.33. The summed E-state index contributed by atoms with van der Waals surface area (Å²) >= 11 is 0. The van der Waals surface area contributed by atoms with E-state index in [9.17, 15) is 5.26 Å². The minimum atomic E-state index is 0.343. The third-order valence-electron chi connectivity index (χ3n) is 2.94. The van der Waals surface area contributed by atoms with Crippen molar-refractivity contribution < 1.29 is 0 Å². The van der Waals surface area contributed by atoms with Crippen LogP contribution in [0, 0.1) is 11.3 Å². The summed E-state index contributed by atoms with van der Waals surface area (Å²) in [5.74, 6) is 1.06. The normalized spacial score (nSPS) is 11.3. The molecule has 0 saturated carbocycles. The average Bonchev–Trinajstić information content (AvgIpc) is 2.26. The van der Waals surface area contributed by atoms with Crippen LogP contribution < -0.4 is 0 Å². The summed E-state index contributed by atoms with van der Waals surface area (Å²) < 4.78 is 0. The van der Waals surface area contributed by atoms with Gasteiger partial charge in [0.05, 0.1) is 11.6 Å². The highest BCUT2D eigenvalue weighted by Gasteiger charge is 2.18. The summed E-state index contributed by atoms with van der Waals surface area (Å²) in [6.45, 7) is 12.8. The van der Waals surface area contributed by atoms with Gasteiger partial charge in [-0.3, -0.25) is 4.98 Å². The predicted octanol–water partition coefficient (Wildman–Crippen LogP) is 4.32. The molecule has 0 aliphatic carbocycles. The van der Waals surface area contributed by atoms with Crippen molar-refractivity contribution in [2.75, 3.05) is 0 Å². The number of nitrogens with zero attached hydrogens (tertiary/aromatic N) is 2. The Balaban J connectivity index is 3.53. The van der Waals surface area contributed by atoms with E-state index in [1.165, 1.54) is 0 Å².